The Kier molecular flexibility index (Phi) is 5.81. The molecule has 3 rings (SSSR count). The Morgan fingerprint density at radius 3 is 2.48 bits per heavy atom. The molecule has 3 N–H and O–H groups in total. The fourth-order valence-electron chi connectivity index (χ4n) is 4.26. The molecule has 0 bridgehead atoms. The van der Waals surface area contributed by atoms with Crippen molar-refractivity contribution in [3.63, 3.8) is 0 Å². The van der Waals surface area contributed by atoms with E-state index in [1.807, 2.05) is 0 Å². The number of nitrogens with zero attached hydrogens (tertiary/aromatic N) is 1. The van der Waals surface area contributed by atoms with Crippen LogP contribution in [0.25, 0.3) is 0 Å². The van der Waals surface area contributed by atoms with Gasteiger partial charge in [-0.2, -0.15) is 0 Å². The maximum Gasteiger partial charge on any atom is 0.315 e. The van der Waals surface area contributed by atoms with E-state index in [1.165, 1.54) is 19.3 Å². The van der Waals surface area contributed by atoms with Gasteiger partial charge in [0.25, 0.3) is 0 Å². The van der Waals surface area contributed by atoms with Crippen LogP contribution in [-0.4, -0.2) is 53.4 Å². The number of aliphatic hydroxyl groups excluding tert-OH is 1. The fourth-order valence-corrected chi connectivity index (χ4v) is 4.26. The molecule has 1 heterocycles. The first-order valence-corrected chi connectivity index (χ1v) is 9.61. The number of aliphatic hydroxyl groups is 1. The van der Waals surface area contributed by atoms with Crippen molar-refractivity contribution in [1.29, 1.82) is 0 Å². The van der Waals surface area contributed by atoms with Crippen LogP contribution in [0, 0.1) is 5.92 Å². The largest absolute Gasteiger partial charge is 0.391 e. The summed E-state index contributed by atoms with van der Waals surface area (Å²) in [7, 11) is 0. The zero-order valence-corrected chi connectivity index (χ0v) is 14.5. The Morgan fingerprint density at radius 1 is 1.13 bits per heavy atom. The van der Waals surface area contributed by atoms with Gasteiger partial charge >= 0.3 is 6.03 Å². The first-order valence-electron chi connectivity index (χ1n) is 9.61. The highest BCUT2D eigenvalue weighted by atomic mass is 16.3. The van der Waals surface area contributed by atoms with Gasteiger partial charge in [-0.05, 0) is 44.9 Å². The number of carbonyl (C=O) groups excluding carboxylic acids is 1. The third-order valence-corrected chi connectivity index (χ3v) is 5.79. The third-order valence-electron chi connectivity index (χ3n) is 5.79. The average Bonchev–Trinajstić information content (AvgIpc) is 3.32. The molecule has 23 heavy (non-hydrogen) atoms. The van der Waals surface area contributed by atoms with Gasteiger partial charge < -0.3 is 15.7 Å². The standard InChI is InChI=1S/C18H33N3O2/c1-13(12-14-6-7-14)19-18(23)20-15-8-10-21(11-9-15)16-4-2-3-5-17(16)22/h13-17,22H,2-12H2,1H3,(H2,19,20,23). The van der Waals surface area contributed by atoms with E-state index in [-0.39, 0.29) is 24.2 Å². The SMILES string of the molecule is CC(CC1CC1)NC(=O)NC1CCN(C2CCCCC2O)CC1. The van der Waals surface area contributed by atoms with Crippen LogP contribution in [0.1, 0.15) is 64.7 Å². The Hall–Kier alpha value is -0.810. The average molecular weight is 323 g/mol. The van der Waals surface area contributed by atoms with E-state index in [4.69, 9.17) is 0 Å². The minimum absolute atomic E-state index is 0.00528. The molecule has 2 aliphatic carbocycles. The van der Waals surface area contributed by atoms with Gasteiger partial charge in [-0.25, -0.2) is 4.79 Å². The van der Waals surface area contributed by atoms with Gasteiger partial charge in [0, 0.05) is 31.2 Å². The molecule has 5 heteroatoms. The van der Waals surface area contributed by atoms with Gasteiger partial charge in [-0.15, -0.1) is 0 Å². The predicted molar refractivity (Wildman–Crippen MR) is 91.3 cm³/mol. The highest BCUT2D eigenvalue weighted by molar-refractivity contribution is 5.74. The highest BCUT2D eigenvalue weighted by Crippen LogP contribution is 2.33. The zero-order valence-electron chi connectivity index (χ0n) is 14.5. The normalized spacial score (nSPS) is 31.6. The van der Waals surface area contributed by atoms with Crippen LogP contribution >= 0.6 is 0 Å². The number of carbonyl (C=O) groups is 1. The molecule has 3 atom stereocenters. The van der Waals surface area contributed by atoms with Crippen molar-refractivity contribution in [2.24, 2.45) is 5.92 Å². The first kappa shape index (κ1) is 17.0. The van der Waals surface area contributed by atoms with Gasteiger partial charge in [0.15, 0.2) is 0 Å². The van der Waals surface area contributed by atoms with Gasteiger partial charge in [0.05, 0.1) is 6.10 Å². The van der Waals surface area contributed by atoms with Crippen LogP contribution in [0.15, 0.2) is 0 Å². The van der Waals surface area contributed by atoms with Crippen molar-refractivity contribution >= 4 is 6.03 Å². The van der Waals surface area contributed by atoms with E-state index in [9.17, 15) is 9.90 Å². The number of rotatable bonds is 5. The molecule has 0 aromatic carbocycles. The summed E-state index contributed by atoms with van der Waals surface area (Å²) < 4.78 is 0. The molecule has 132 valence electrons. The van der Waals surface area contributed by atoms with Crippen LogP contribution in [-0.2, 0) is 0 Å². The van der Waals surface area contributed by atoms with Gasteiger partial charge in [-0.1, -0.05) is 25.7 Å². The Labute approximate surface area is 140 Å². The van der Waals surface area contributed by atoms with Crippen molar-refractivity contribution in [2.45, 2.75) is 88.9 Å². The van der Waals surface area contributed by atoms with Crippen LogP contribution in [0.2, 0.25) is 0 Å². The molecule has 5 nitrogen and oxygen atoms in total. The second-order valence-corrected chi connectivity index (χ2v) is 7.93. The number of hydrogen-bond donors (Lipinski definition) is 3. The van der Waals surface area contributed by atoms with Crippen LogP contribution in [0.3, 0.4) is 0 Å². The van der Waals surface area contributed by atoms with E-state index >= 15 is 0 Å². The molecule has 0 aromatic rings. The van der Waals surface area contributed by atoms with Crippen molar-refractivity contribution in [1.82, 2.24) is 15.5 Å². The monoisotopic (exact) mass is 323 g/mol. The number of hydrogen-bond acceptors (Lipinski definition) is 3. The fraction of sp³-hybridized carbons (Fsp3) is 0.944. The molecule has 1 aliphatic heterocycles. The van der Waals surface area contributed by atoms with Crippen molar-refractivity contribution in [3.05, 3.63) is 0 Å². The molecule has 3 aliphatic rings. The lowest BCUT2D eigenvalue weighted by molar-refractivity contribution is 0.00775. The van der Waals surface area contributed by atoms with Crippen LogP contribution in [0.5, 0.6) is 0 Å². The van der Waals surface area contributed by atoms with E-state index in [0.29, 0.717) is 6.04 Å². The molecule has 0 radical (unpaired) electrons. The van der Waals surface area contributed by atoms with Crippen molar-refractivity contribution < 1.29 is 9.90 Å². The first-order chi connectivity index (χ1) is 11.1. The topological polar surface area (TPSA) is 64.6 Å². The molecule has 3 unspecified atom stereocenters. The zero-order chi connectivity index (χ0) is 16.2. The van der Waals surface area contributed by atoms with Crippen molar-refractivity contribution in [2.75, 3.05) is 13.1 Å². The molecule has 3 fully saturated rings. The van der Waals surface area contributed by atoms with Crippen molar-refractivity contribution in [3.8, 4) is 0 Å². The number of piperidine rings is 1. The molecule has 0 aromatic heterocycles. The minimum Gasteiger partial charge on any atom is -0.391 e. The third kappa shape index (κ3) is 5.08. The van der Waals surface area contributed by atoms with Gasteiger partial charge in [0.2, 0.25) is 0 Å². The summed E-state index contributed by atoms with van der Waals surface area (Å²) in [5, 5.41) is 16.4. The number of urea groups is 1. The van der Waals surface area contributed by atoms with E-state index in [2.05, 4.69) is 22.5 Å². The summed E-state index contributed by atoms with van der Waals surface area (Å²) in [6.45, 7) is 4.08. The molecule has 2 saturated carbocycles. The molecular formula is C18H33N3O2. The van der Waals surface area contributed by atoms with Crippen LogP contribution in [0.4, 0.5) is 4.79 Å². The summed E-state index contributed by atoms with van der Waals surface area (Å²) in [6, 6.07) is 0.895. The highest BCUT2D eigenvalue weighted by Gasteiger charge is 2.32. The number of likely N-dealkylation sites (tertiary alicyclic amines) is 1. The van der Waals surface area contributed by atoms with Gasteiger partial charge in [0.1, 0.15) is 0 Å². The summed E-state index contributed by atoms with van der Waals surface area (Å²) >= 11 is 0. The quantitative estimate of drug-likeness (QED) is 0.727. The molecular weight excluding hydrogens is 290 g/mol. The second kappa shape index (κ2) is 7.84. The maximum atomic E-state index is 12.1. The number of nitrogens with one attached hydrogen (secondary N) is 2. The van der Waals surface area contributed by atoms with E-state index in [1.54, 1.807) is 0 Å². The predicted octanol–water partition coefficient (Wildman–Crippen LogP) is 2.24. The molecule has 2 amide bonds. The lowest BCUT2D eigenvalue weighted by Gasteiger charge is -2.41. The lowest BCUT2D eigenvalue weighted by atomic mass is 9.89. The maximum absolute atomic E-state index is 12.1. The molecule has 0 spiro atoms. The summed E-state index contributed by atoms with van der Waals surface area (Å²) in [6.07, 6.45) is 10.1. The summed E-state index contributed by atoms with van der Waals surface area (Å²) in [4.78, 5) is 14.5. The molecule has 1 saturated heterocycles. The van der Waals surface area contributed by atoms with E-state index < -0.39 is 0 Å². The minimum atomic E-state index is -0.153. The number of amides is 2. The Bertz CT molecular complexity index is 392. The van der Waals surface area contributed by atoms with E-state index in [0.717, 1.165) is 57.5 Å². The second-order valence-electron chi connectivity index (χ2n) is 7.93. The summed E-state index contributed by atoms with van der Waals surface area (Å²) in [5.41, 5.74) is 0. The summed E-state index contributed by atoms with van der Waals surface area (Å²) in [5.74, 6) is 0.843. The smallest absolute Gasteiger partial charge is 0.315 e. The van der Waals surface area contributed by atoms with Gasteiger partial charge in [-0.3, -0.25) is 4.90 Å². The Morgan fingerprint density at radius 2 is 1.83 bits per heavy atom. The van der Waals surface area contributed by atoms with Crippen LogP contribution < -0.4 is 10.6 Å². The lowest BCUT2D eigenvalue weighted by Crippen LogP contribution is -2.53. The Balaban J connectivity index is 1.35.